The molecule has 0 aliphatic carbocycles. The van der Waals surface area contributed by atoms with Gasteiger partial charge in [-0.2, -0.15) is 4.31 Å². The third-order valence-corrected chi connectivity index (χ3v) is 7.67. The molecule has 1 aliphatic heterocycles. The lowest BCUT2D eigenvalue weighted by atomic mass is 10.2. The number of aromatic nitrogens is 2. The maximum atomic E-state index is 13.5. The molecule has 1 aromatic heterocycles. The number of hydrogen-bond donors (Lipinski definition) is 1. The molecular weight excluding hydrogens is 447 g/mol. The number of morpholine rings is 1. The van der Waals surface area contributed by atoms with Gasteiger partial charge in [0.2, 0.25) is 15.9 Å². The Morgan fingerprint density at radius 1 is 1.18 bits per heavy atom. The van der Waals surface area contributed by atoms with E-state index in [0.717, 1.165) is 11.1 Å². The van der Waals surface area contributed by atoms with Crippen LogP contribution in [0.15, 0.2) is 41.3 Å². The molecule has 2 heterocycles. The number of rotatable bonds is 7. The summed E-state index contributed by atoms with van der Waals surface area (Å²) in [5.41, 5.74) is 2.61. The van der Waals surface area contributed by atoms with E-state index in [0.29, 0.717) is 56.3 Å². The molecule has 0 spiro atoms. The quantitative estimate of drug-likeness (QED) is 0.568. The zero-order chi connectivity index (χ0) is 23.6. The molecule has 1 saturated heterocycles. The first-order valence-electron chi connectivity index (χ1n) is 10.9. The molecule has 0 atom stereocenters. The minimum Gasteiger partial charge on any atom is -0.379 e. The molecule has 1 N–H and O–H groups in total. The lowest BCUT2D eigenvalue weighted by Gasteiger charge is -2.26. The molecule has 10 heteroatoms. The molecule has 33 heavy (non-hydrogen) atoms. The van der Waals surface area contributed by atoms with E-state index >= 15 is 0 Å². The number of amides is 1. The van der Waals surface area contributed by atoms with Crippen LogP contribution in [0.25, 0.3) is 11.0 Å². The highest BCUT2D eigenvalue weighted by Crippen LogP contribution is 2.24. The van der Waals surface area contributed by atoms with Crippen LogP contribution in [0.3, 0.4) is 0 Å². The van der Waals surface area contributed by atoms with Crippen LogP contribution in [-0.4, -0.2) is 54.5 Å². The molecule has 0 radical (unpaired) electrons. The normalized spacial score (nSPS) is 15.1. The van der Waals surface area contributed by atoms with E-state index in [4.69, 9.17) is 4.74 Å². The Labute approximate surface area is 192 Å². The predicted molar refractivity (Wildman–Crippen MR) is 123 cm³/mol. The molecule has 0 saturated carbocycles. The fraction of sp³-hybridized carbons (Fsp3) is 0.391. The van der Waals surface area contributed by atoms with Gasteiger partial charge >= 0.3 is 0 Å². The summed E-state index contributed by atoms with van der Waals surface area (Å²) in [6, 6.07) is 9.21. The van der Waals surface area contributed by atoms with Crippen LogP contribution in [0.5, 0.6) is 0 Å². The van der Waals surface area contributed by atoms with Crippen molar-refractivity contribution in [1.82, 2.24) is 13.9 Å². The van der Waals surface area contributed by atoms with Crippen LogP contribution in [0.4, 0.5) is 10.1 Å². The third kappa shape index (κ3) is 4.92. The fourth-order valence-electron chi connectivity index (χ4n) is 3.97. The zero-order valence-corrected chi connectivity index (χ0v) is 19.5. The summed E-state index contributed by atoms with van der Waals surface area (Å²) in [4.78, 5) is 17.3. The molecule has 0 bridgehead atoms. The maximum Gasteiger partial charge on any atom is 0.243 e. The number of anilines is 1. The van der Waals surface area contributed by atoms with Crippen LogP contribution >= 0.6 is 0 Å². The van der Waals surface area contributed by atoms with Gasteiger partial charge in [0.05, 0.1) is 29.1 Å². The van der Waals surface area contributed by atoms with Gasteiger partial charge in [0.25, 0.3) is 0 Å². The number of halogens is 1. The number of hydrogen-bond acceptors (Lipinski definition) is 5. The van der Waals surface area contributed by atoms with Gasteiger partial charge in [-0.3, -0.25) is 4.79 Å². The van der Waals surface area contributed by atoms with Crippen molar-refractivity contribution >= 4 is 32.7 Å². The highest BCUT2D eigenvalue weighted by molar-refractivity contribution is 7.89. The molecule has 0 unspecified atom stereocenters. The standard InChI is InChI=1S/C23H27FN4O4S/c1-3-28-21-7-6-18(33(30,31)27-10-12-32-13-11-27)15-20(21)25-22(28)8-9-23(29)26-19-14-17(24)5-4-16(19)2/h4-7,14-15H,3,8-13H2,1-2H3,(H,26,29). The number of sulfonamides is 1. The van der Waals surface area contributed by atoms with Crippen molar-refractivity contribution in [2.45, 2.75) is 38.1 Å². The van der Waals surface area contributed by atoms with Gasteiger partial charge in [-0.05, 0) is 49.7 Å². The van der Waals surface area contributed by atoms with Gasteiger partial charge in [0.1, 0.15) is 11.6 Å². The smallest absolute Gasteiger partial charge is 0.243 e. The minimum absolute atomic E-state index is 0.165. The second kappa shape index (κ2) is 9.58. The second-order valence-corrected chi connectivity index (χ2v) is 9.88. The molecule has 4 rings (SSSR count). The van der Waals surface area contributed by atoms with Crippen molar-refractivity contribution in [2.75, 3.05) is 31.6 Å². The van der Waals surface area contributed by atoms with E-state index in [1.165, 1.54) is 16.4 Å². The summed E-state index contributed by atoms with van der Waals surface area (Å²) in [7, 11) is -3.62. The summed E-state index contributed by atoms with van der Waals surface area (Å²) in [5, 5.41) is 2.75. The molecule has 2 aromatic carbocycles. The van der Waals surface area contributed by atoms with Crippen molar-refractivity contribution in [3.8, 4) is 0 Å². The Kier molecular flexibility index (Phi) is 6.78. The molecular formula is C23H27FN4O4S. The molecule has 3 aromatic rings. The van der Waals surface area contributed by atoms with Gasteiger partial charge in [0.15, 0.2) is 0 Å². The first-order valence-corrected chi connectivity index (χ1v) is 12.4. The van der Waals surface area contributed by atoms with Gasteiger partial charge in [-0.1, -0.05) is 6.07 Å². The largest absolute Gasteiger partial charge is 0.379 e. The van der Waals surface area contributed by atoms with Gasteiger partial charge in [-0.15, -0.1) is 0 Å². The average Bonchev–Trinajstić information content (AvgIpc) is 3.17. The Hall–Kier alpha value is -2.82. The number of ether oxygens (including phenoxy) is 1. The van der Waals surface area contributed by atoms with Gasteiger partial charge in [0, 0.05) is 38.2 Å². The SMILES string of the molecule is CCn1c(CCC(=O)Nc2cc(F)ccc2C)nc2cc(S(=O)(=O)N3CCOCC3)ccc21. The van der Waals surface area contributed by atoms with Crippen molar-refractivity contribution in [3.05, 3.63) is 53.6 Å². The van der Waals surface area contributed by atoms with Crippen LogP contribution in [0, 0.1) is 12.7 Å². The predicted octanol–water partition coefficient (Wildman–Crippen LogP) is 3.10. The topological polar surface area (TPSA) is 93.5 Å². The van der Waals surface area contributed by atoms with Gasteiger partial charge in [-0.25, -0.2) is 17.8 Å². The zero-order valence-electron chi connectivity index (χ0n) is 18.7. The Morgan fingerprint density at radius 2 is 1.94 bits per heavy atom. The first-order chi connectivity index (χ1) is 15.8. The highest BCUT2D eigenvalue weighted by Gasteiger charge is 2.27. The van der Waals surface area contributed by atoms with E-state index in [-0.39, 0.29) is 17.2 Å². The van der Waals surface area contributed by atoms with Crippen LogP contribution < -0.4 is 5.32 Å². The molecule has 1 fully saturated rings. The number of nitrogens with zero attached hydrogens (tertiary/aromatic N) is 3. The number of carbonyl (C=O) groups excluding carboxylic acids is 1. The summed E-state index contributed by atoms with van der Waals surface area (Å²) in [6.45, 7) is 5.82. The van der Waals surface area contributed by atoms with Gasteiger partial charge < -0.3 is 14.6 Å². The number of fused-ring (bicyclic) bond motifs is 1. The number of nitrogens with one attached hydrogen (secondary N) is 1. The Morgan fingerprint density at radius 3 is 2.67 bits per heavy atom. The van der Waals surface area contributed by atoms with E-state index < -0.39 is 15.8 Å². The average molecular weight is 475 g/mol. The maximum absolute atomic E-state index is 13.5. The van der Waals surface area contributed by atoms with E-state index in [2.05, 4.69) is 10.3 Å². The van der Waals surface area contributed by atoms with E-state index in [1.54, 1.807) is 31.2 Å². The highest BCUT2D eigenvalue weighted by atomic mass is 32.2. The number of benzene rings is 2. The summed E-state index contributed by atoms with van der Waals surface area (Å²) in [5.74, 6) is 0.0417. The summed E-state index contributed by atoms with van der Waals surface area (Å²) >= 11 is 0. The molecule has 8 nitrogen and oxygen atoms in total. The monoisotopic (exact) mass is 474 g/mol. The van der Waals surface area contributed by atoms with Crippen molar-refractivity contribution in [2.24, 2.45) is 0 Å². The van der Waals surface area contributed by atoms with E-state index in [9.17, 15) is 17.6 Å². The van der Waals surface area contributed by atoms with Crippen LogP contribution in [-0.2, 0) is 32.5 Å². The Bertz CT molecular complexity index is 1280. The van der Waals surface area contributed by atoms with Crippen molar-refractivity contribution in [3.63, 3.8) is 0 Å². The van der Waals surface area contributed by atoms with Crippen molar-refractivity contribution in [1.29, 1.82) is 0 Å². The molecule has 1 amide bonds. The second-order valence-electron chi connectivity index (χ2n) is 7.95. The lowest BCUT2D eigenvalue weighted by Crippen LogP contribution is -2.40. The molecule has 176 valence electrons. The Balaban J connectivity index is 1.53. The summed E-state index contributed by atoms with van der Waals surface area (Å²) < 4.78 is 48.1. The first kappa shape index (κ1) is 23.3. The molecule has 1 aliphatic rings. The van der Waals surface area contributed by atoms with Crippen LogP contribution in [0.1, 0.15) is 24.7 Å². The summed E-state index contributed by atoms with van der Waals surface area (Å²) in [6.07, 6.45) is 0.534. The number of imidazole rings is 1. The fourth-order valence-corrected chi connectivity index (χ4v) is 5.40. The third-order valence-electron chi connectivity index (χ3n) is 5.77. The van der Waals surface area contributed by atoms with Crippen molar-refractivity contribution < 1.29 is 22.3 Å². The lowest BCUT2D eigenvalue weighted by molar-refractivity contribution is -0.116. The van der Waals surface area contributed by atoms with E-state index in [1.807, 2.05) is 11.5 Å². The minimum atomic E-state index is -3.62. The number of carbonyl (C=O) groups is 1. The van der Waals surface area contributed by atoms with Crippen LogP contribution in [0.2, 0.25) is 0 Å². The number of aryl methyl sites for hydroxylation is 3.